The molecule has 0 fully saturated rings. The molecule has 0 spiro atoms. The van der Waals surface area contributed by atoms with Crippen LogP contribution in [-0.2, 0) is 0 Å². The fraction of sp³-hybridized carbons (Fsp3) is 0.158. The molecular weight excluding hydrogens is 334 g/mol. The summed E-state index contributed by atoms with van der Waals surface area (Å²) < 4.78 is 0. The Kier molecular flexibility index (Phi) is 5.05. The maximum Gasteiger partial charge on any atom is 0.159 e. The Bertz CT molecular complexity index is 845. The zero-order valence-electron chi connectivity index (χ0n) is 14.1. The summed E-state index contributed by atoms with van der Waals surface area (Å²) >= 11 is 5.90. The molecule has 0 unspecified atom stereocenters. The molecule has 0 aliphatic rings. The second kappa shape index (κ2) is 7.40. The number of anilines is 5. The first kappa shape index (κ1) is 17.0. The van der Waals surface area contributed by atoms with E-state index in [1.807, 2.05) is 24.3 Å². The molecule has 0 saturated heterocycles. The summed E-state index contributed by atoms with van der Waals surface area (Å²) in [6.07, 6.45) is 1.47. The van der Waals surface area contributed by atoms with E-state index >= 15 is 0 Å². The molecule has 0 aliphatic carbocycles. The quantitative estimate of drug-likeness (QED) is 0.578. The van der Waals surface area contributed by atoms with Crippen LogP contribution in [0.15, 0.2) is 54.9 Å². The molecule has 2 aromatic carbocycles. The molecule has 1 aromatic heterocycles. The Balaban J connectivity index is 1.79. The zero-order valence-corrected chi connectivity index (χ0v) is 14.9. The number of nitrogen functional groups attached to an aromatic ring is 1. The third-order valence-corrected chi connectivity index (χ3v) is 4.08. The SMILES string of the molecule is CC(C)c1ccc(Nc2ncnc(Nc3ccc(Cl)cc3)c2N)cc1. The van der Waals surface area contributed by atoms with E-state index < -0.39 is 0 Å². The van der Waals surface area contributed by atoms with Gasteiger partial charge in [-0.05, 0) is 47.9 Å². The van der Waals surface area contributed by atoms with E-state index in [1.165, 1.54) is 11.9 Å². The average Bonchev–Trinajstić information content (AvgIpc) is 2.61. The minimum Gasteiger partial charge on any atom is -0.393 e. The van der Waals surface area contributed by atoms with Crippen molar-refractivity contribution in [1.29, 1.82) is 0 Å². The van der Waals surface area contributed by atoms with Crippen molar-refractivity contribution < 1.29 is 0 Å². The van der Waals surface area contributed by atoms with Crippen LogP contribution in [0, 0.1) is 0 Å². The topological polar surface area (TPSA) is 75.9 Å². The number of aromatic nitrogens is 2. The maximum absolute atomic E-state index is 6.21. The van der Waals surface area contributed by atoms with Crippen LogP contribution in [0.25, 0.3) is 0 Å². The third kappa shape index (κ3) is 4.19. The summed E-state index contributed by atoms with van der Waals surface area (Å²) in [5.74, 6) is 1.59. The van der Waals surface area contributed by atoms with Gasteiger partial charge in [-0.3, -0.25) is 0 Å². The van der Waals surface area contributed by atoms with Gasteiger partial charge in [-0.25, -0.2) is 9.97 Å². The molecule has 1 heterocycles. The number of hydrogen-bond donors (Lipinski definition) is 3. The van der Waals surface area contributed by atoms with Crippen LogP contribution in [0.3, 0.4) is 0 Å². The van der Waals surface area contributed by atoms with Gasteiger partial charge in [-0.1, -0.05) is 37.6 Å². The molecule has 0 saturated carbocycles. The van der Waals surface area contributed by atoms with Crippen LogP contribution in [0.2, 0.25) is 5.02 Å². The average molecular weight is 354 g/mol. The summed E-state index contributed by atoms with van der Waals surface area (Å²) in [5.41, 5.74) is 9.72. The lowest BCUT2D eigenvalue weighted by Gasteiger charge is -2.13. The molecule has 0 atom stereocenters. The van der Waals surface area contributed by atoms with Gasteiger partial charge in [0, 0.05) is 16.4 Å². The minimum absolute atomic E-state index is 0.449. The van der Waals surface area contributed by atoms with Gasteiger partial charge in [0.15, 0.2) is 11.6 Å². The zero-order chi connectivity index (χ0) is 17.8. The molecule has 128 valence electrons. The number of hydrogen-bond acceptors (Lipinski definition) is 5. The largest absolute Gasteiger partial charge is 0.393 e. The number of nitrogens with one attached hydrogen (secondary N) is 2. The molecule has 3 rings (SSSR count). The molecule has 0 aliphatic heterocycles. The minimum atomic E-state index is 0.449. The van der Waals surface area contributed by atoms with Crippen molar-refractivity contribution in [2.75, 3.05) is 16.4 Å². The molecule has 3 aromatic rings. The summed E-state index contributed by atoms with van der Waals surface area (Å²) in [4.78, 5) is 8.45. The van der Waals surface area contributed by atoms with Gasteiger partial charge in [0.25, 0.3) is 0 Å². The second-order valence-corrected chi connectivity index (χ2v) is 6.45. The van der Waals surface area contributed by atoms with E-state index in [0.29, 0.717) is 28.3 Å². The first-order valence-electron chi connectivity index (χ1n) is 8.03. The lowest BCUT2D eigenvalue weighted by atomic mass is 10.0. The lowest BCUT2D eigenvalue weighted by Crippen LogP contribution is -2.05. The molecule has 0 amide bonds. The van der Waals surface area contributed by atoms with Crippen LogP contribution < -0.4 is 16.4 Å². The number of halogens is 1. The summed E-state index contributed by atoms with van der Waals surface area (Å²) in [6.45, 7) is 4.33. The highest BCUT2D eigenvalue weighted by Crippen LogP contribution is 2.29. The number of benzene rings is 2. The van der Waals surface area contributed by atoms with Crippen molar-refractivity contribution in [2.45, 2.75) is 19.8 Å². The fourth-order valence-corrected chi connectivity index (χ4v) is 2.48. The highest BCUT2D eigenvalue weighted by Gasteiger charge is 2.09. The predicted octanol–water partition coefficient (Wildman–Crippen LogP) is 5.32. The second-order valence-electron chi connectivity index (χ2n) is 6.02. The summed E-state index contributed by atoms with van der Waals surface area (Å²) in [7, 11) is 0. The molecule has 0 radical (unpaired) electrons. The molecule has 0 bridgehead atoms. The van der Waals surface area contributed by atoms with Gasteiger partial charge in [-0.15, -0.1) is 0 Å². The Morgan fingerprint density at radius 3 is 1.80 bits per heavy atom. The van der Waals surface area contributed by atoms with Gasteiger partial charge in [0.2, 0.25) is 0 Å². The highest BCUT2D eigenvalue weighted by molar-refractivity contribution is 6.30. The molecule has 25 heavy (non-hydrogen) atoms. The van der Waals surface area contributed by atoms with E-state index in [4.69, 9.17) is 17.3 Å². The highest BCUT2D eigenvalue weighted by atomic mass is 35.5. The van der Waals surface area contributed by atoms with Gasteiger partial charge in [-0.2, -0.15) is 0 Å². The smallest absolute Gasteiger partial charge is 0.159 e. The van der Waals surface area contributed by atoms with Crippen LogP contribution in [0.1, 0.15) is 25.3 Å². The van der Waals surface area contributed by atoms with Crippen molar-refractivity contribution in [3.63, 3.8) is 0 Å². The number of rotatable bonds is 5. The maximum atomic E-state index is 6.21. The number of nitrogens with zero attached hydrogens (tertiary/aromatic N) is 2. The molecule has 4 N–H and O–H groups in total. The Hall–Kier alpha value is -2.79. The Morgan fingerprint density at radius 1 is 0.840 bits per heavy atom. The van der Waals surface area contributed by atoms with E-state index in [1.54, 1.807) is 12.1 Å². The van der Waals surface area contributed by atoms with Crippen LogP contribution in [0.4, 0.5) is 28.7 Å². The third-order valence-electron chi connectivity index (χ3n) is 3.83. The first-order valence-corrected chi connectivity index (χ1v) is 8.41. The van der Waals surface area contributed by atoms with E-state index in [2.05, 4.69) is 46.6 Å². The van der Waals surface area contributed by atoms with Crippen LogP contribution in [-0.4, -0.2) is 9.97 Å². The van der Waals surface area contributed by atoms with E-state index in [-0.39, 0.29) is 0 Å². The van der Waals surface area contributed by atoms with Gasteiger partial charge in [0.1, 0.15) is 12.0 Å². The first-order chi connectivity index (χ1) is 12.0. The van der Waals surface area contributed by atoms with Crippen molar-refractivity contribution in [1.82, 2.24) is 9.97 Å². The van der Waals surface area contributed by atoms with E-state index in [0.717, 1.165) is 11.4 Å². The lowest BCUT2D eigenvalue weighted by molar-refractivity contribution is 0.867. The Morgan fingerprint density at radius 2 is 1.32 bits per heavy atom. The van der Waals surface area contributed by atoms with Gasteiger partial charge >= 0.3 is 0 Å². The van der Waals surface area contributed by atoms with Crippen LogP contribution >= 0.6 is 11.6 Å². The molecular formula is C19H20ClN5. The molecule has 6 heteroatoms. The monoisotopic (exact) mass is 353 g/mol. The van der Waals surface area contributed by atoms with Crippen molar-refractivity contribution in [3.05, 3.63) is 65.4 Å². The normalized spacial score (nSPS) is 10.7. The van der Waals surface area contributed by atoms with Gasteiger partial charge < -0.3 is 16.4 Å². The standard InChI is InChI=1S/C19H20ClN5/c1-12(2)13-3-7-15(8-4-13)24-18-17(21)19(23-11-22-18)25-16-9-5-14(20)6-10-16/h3-12H,21H2,1-2H3,(H2,22,23,24,25). The fourth-order valence-electron chi connectivity index (χ4n) is 2.35. The summed E-state index contributed by atoms with van der Waals surface area (Å²) in [6, 6.07) is 15.6. The van der Waals surface area contributed by atoms with Crippen molar-refractivity contribution in [2.24, 2.45) is 0 Å². The van der Waals surface area contributed by atoms with E-state index in [9.17, 15) is 0 Å². The van der Waals surface area contributed by atoms with Crippen LogP contribution in [0.5, 0.6) is 0 Å². The summed E-state index contributed by atoms with van der Waals surface area (Å²) in [5, 5.41) is 7.09. The van der Waals surface area contributed by atoms with Crippen molar-refractivity contribution in [3.8, 4) is 0 Å². The Labute approximate surface area is 152 Å². The van der Waals surface area contributed by atoms with Crippen molar-refractivity contribution >= 4 is 40.3 Å². The van der Waals surface area contributed by atoms with Gasteiger partial charge in [0.05, 0.1) is 0 Å². The predicted molar refractivity (Wildman–Crippen MR) is 105 cm³/mol. The number of nitrogens with two attached hydrogens (primary N) is 1. The molecule has 5 nitrogen and oxygen atoms in total.